The minimum Gasteiger partial charge on any atom is -0.337 e. The van der Waals surface area contributed by atoms with E-state index in [1.165, 1.54) is 0 Å². The van der Waals surface area contributed by atoms with E-state index in [1.54, 1.807) is 6.92 Å². The molecule has 0 radical (unpaired) electrons. The molecule has 3 heterocycles. The standard InChI is InChI=1S/C23H28N4O2/c1-16(18-8-4-3-5-9-18)23(29)26-13-11-20-19(15-26)14-24-22(25-20)21-10-6-7-12-27(21)17(2)28/h3-5,8-9,14,16,21H,6-7,10-13,15H2,1-2H3/t16-,21-/m1/s1. The van der Waals surface area contributed by atoms with Crippen LogP contribution >= 0.6 is 0 Å². The zero-order valence-corrected chi connectivity index (χ0v) is 17.2. The van der Waals surface area contributed by atoms with Gasteiger partial charge in [-0.2, -0.15) is 0 Å². The first-order valence-corrected chi connectivity index (χ1v) is 10.5. The lowest BCUT2D eigenvalue weighted by Gasteiger charge is -2.35. The van der Waals surface area contributed by atoms with E-state index in [-0.39, 0.29) is 23.8 Å². The van der Waals surface area contributed by atoms with Crippen molar-refractivity contribution in [1.29, 1.82) is 0 Å². The van der Waals surface area contributed by atoms with Crippen LogP contribution in [-0.2, 0) is 22.6 Å². The Hall–Kier alpha value is -2.76. The van der Waals surface area contributed by atoms with Gasteiger partial charge in [-0.25, -0.2) is 9.97 Å². The van der Waals surface area contributed by atoms with E-state index in [4.69, 9.17) is 4.98 Å². The molecule has 1 aromatic carbocycles. The summed E-state index contributed by atoms with van der Waals surface area (Å²) in [5, 5.41) is 0. The molecule has 0 spiro atoms. The van der Waals surface area contributed by atoms with E-state index >= 15 is 0 Å². The van der Waals surface area contributed by atoms with Crippen molar-refractivity contribution in [2.75, 3.05) is 13.1 Å². The van der Waals surface area contributed by atoms with Crippen molar-refractivity contribution in [2.24, 2.45) is 0 Å². The fourth-order valence-electron chi connectivity index (χ4n) is 4.42. The molecule has 1 saturated heterocycles. The number of amides is 2. The predicted octanol–water partition coefficient (Wildman–Crippen LogP) is 3.24. The molecule has 0 aliphatic carbocycles. The molecule has 4 rings (SSSR count). The highest BCUT2D eigenvalue weighted by molar-refractivity contribution is 5.83. The lowest BCUT2D eigenvalue weighted by atomic mass is 9.97. The molecule has 0 bridgehead atoms. The SMILES string of the molecule is CC(=O)N1CCCC[C@@H]1c1ncc2c(n1)CCN(C(=O)[C@H](C)c1ccccc1)C2. The quantitative estimate of drug-likeness (QED) is 0.804. The Kier molecular flexibility index (Phi) is 5.60. The van der Waals surface area contributed by atoms with Crippen LogP contribution in [0.3, 0.4) is 0 Å². The lowest BCUT2D eigenvalue weighted by molar-refractivity contribution is -0.134. The van der Waals surface area contributed by atoms with Crippen molar-refractivity contribution < 1.29 is 9.59 Å². The normalized spacial score (nSPS) is 20.1. The first-order chi connectivity index (χ1) is 14.0. The average Bonchev–Trinajstić information content (AvgIpc) is 2.78. The first-order valence-electron chi connectivity index (χ1n) is 10.5. The molecule has 0 N–H and O–H groups in total. The third kappa shape index (κ3) is 4.02. The summed E-state index contributed by atoms with van der Waals surface area (Å²) in [6, 6.07) is 9.88. The number of carbonyl (C=O) groups is 2. The number of aromatic nitrogens is 2. The fourth-order valence-corrected chi connectivity index (χ4v) is 4.42. The first kappa shape index (κ1) is 19.6. The van der Waals surface area contributed by atoms with Gasteiger partial charge in [0, 0.05) is 44.7 Å². The van der Waals surface area contributed by atoms with Gasteiger partial charge in [0.2, 0.25) is 11.8 Å². The molecule has 2 aromatic rings. The molecule has 0 unspecified atom stereocenters. The number of fused-ring (bicyclic) bond motifs is 1. The second-order valence-electron chi connectivity index (χ2n) is 8.07. The smallest absolute Gasteiger partial charge is 0.230 e. The second kappa shape index (κ2) is 8.31. The third-order valence-electron chi connectivity index (χ3n) is 6.14. The van der Waals surface area contributed by atoms with E-state index in [0.29, 0.717) is 13.1 Å². The lowest BCUT2D eigenvalue weighted by Crippen LogP contribution is -2.40. The van der Waals surface area contributed by atoms with Crippen molar-refractivity contribution >= 4 is 11.8 Å². The predicted molar refractivity (Wildman–Crippen MR) is 110 cm³/mol. The van der Waals surface area contributed by atoms with Crippen LogP contribution in [0.5, 0.6) is 0 Å². The number of piperidine rings is 1. The molecule has 2 aliphatic rings. The summed E-state index contributed by atoms with van der Waals surface area (Å²) in [4.78, 5) is 38.2. The monoisotopic (exact) mass is 392 g/mol. The van der Waals surface area contributed by atoms with Crippen LogP contribution in [-0.4, -0.2) is 44.7 Å². The number of carbonyl (C=O) groups excluding carboxylic acids is 2. The van der Waals surface area contributed by atoms with Gasteiger partial charge in [-0.1, -0.05) is 30.3 Å². The van der Waals surface area contributed by atoms with Crippen LogP contribution in [0.2, 0.25) is 0 Å². The van der Waals surface area contributed by atoms with Gasteiger partial charge in [-0.3, -0.25) is 9.59 Å². The molecule has 6 nitrogen and oxygen atoms in total. The van der Waals surface area contributed by atoms with E-state index in [1.807, 2.05) is 53.3 Å². The van der Waals surface area contributed by atoms with Gasteiger partial charge in [0.1, 0.15) is 0 Å². The molecule has 2 aliphatic heterocycles. The molecule has 1 fully saturated rings. The zero-order valence-electron chi connectivity index (χ0n) is 17.2. The van der Waals surface area contributed by atoms with Crippen LogP contribution in [0.15, 0.2) is 36.5 Å². The Morgan fingerprint density at radius 1 is 1.14 bits per heavy atom. The van der Waals surface area contributed by atoms with Crippen LogP contribution in [0.4, 0.5) is 0 Å². The Morgan fingerprint density at radius 2 is 1.93 bits per heavy atom. The molecule has 2 atom stereocenters. The topological polar surface area (TPSA) is 66.4 Å². The summed E-state index contributed by atoms with van der Waals surface area (Å²) >= 11 is 0. The summed E-state index contributed by atoms with van der Waals surface area (Å²) in [6.45, 7) is 5.58. The molecule has 29 heavy (non-hydrogen) atoms. The Balaban J connectivity index is 1.49. The summed E-state index contributed by atoms with van der Waals surface area (Å²) in [6.07, 6.45) is 5.63. The number of benzene rings is 1. The number of hydrogen-bond donors (Lipinski definition) is 0. The summed E-state index contributed by atoms with van der Waals surface area (Å²) in [7, 11) is 0. The fraction of sp³-hybridized carbons (Fsp3) is 0.478. The van der Waals surface area contributed by atoms with Gasteiger partial charge in [0.05, 0.1) is 17.7 Å². The van der Waals surface area contributed by atoms with E-state index in [0.717, 1.165) is 54.9 Å². The Morgan fingerprint density at radius 3 is 2.69 bits per heavy atom. The maximum absolute atomic E-state index is 13.0. The molecule has 6 heteroatoms. The van der Waals surface area contributed by atoms with Gasteiger partial charge in [0.15, 0.2) is 5.82 Å². The van der Waals surface area contributed by atoms with Crippen molar-refractivity contribution in [3.63, 3.8) is 0 Å². The van der Waals surface area contributed by atoms with Crippen molar-refractivity contribution in [2.45, 2.75) is 58.0 Å². The van der Waals surface area contributed by atoms with Crippen LogP contribution in [0.25, 0.3) is 0 Å². The van der Waals surface area contributed by atoms with Gasteiger partial charge in [-0.15, -0.1) is 0 Å². The van der Waals surface area contributed by atoms with Crippen LogP contribution in [0, 0.1) is 0 Å². The minimum atomic E-state index is -0.163. The largest absolute Gasteiger partial charge is 0.337 e. The Labute approximate surface area is 172 Å². The molecule has 152 valence electrons. The average molecular weight is 393 g/mol. The number of likely N-dealkylation sites (tertiary alicyclic amines) is 1. The van der Waals surface area contributed by atoms with Crippen LogP contribution in [0.1, 0.15) is 67.7 Å². The maximum Gasteiger partial charge on any atom is 0.230 e. The summed E-state index contributed by atoms with van der Waals surface area (Å²) < 4.78 is 0. The maximum atomic E-state index is 13.0. The molecular formula is C23H28N4O2. The van der Waals surface area contributed by atoms with Crippen molar-refractivity contribution in [3.05, 3.63) is 59.2 Å². The molecule has 1 aromatic heterocycles. The van der Waals surface area contributed by atoms with Gasteiger partial charge in [0.25, 0.3) is 0 Å². The molecule has 2 amide bonds. The van der Waals surface area contributed by atoms with E-state index in [2.05, 4.69) is 4.98 Å². The Bertz CT molecular complexity index is 899. The second-order valence-corrected chi connectivity index (χ2v) is 8.07. The van der Waals surface area contributed by atoms with E-state index in [9.17, 15) is 9.59 Å². The number of nitrogens with zero attached hydrogens (tertiary/aromatic N) is 4. The van der Waals surface area contributed by atoms with Gasteiger partial charge >= 0.3 is 0 Å². The highest BCUT2D eigenvalue weighted by Crippen LogP contribution is 2.30. The number of hydrogen-bond acceptors (Lipinski definition) is 4. The molecular weight excluding hydrogens is 364 g/mol. The van der Waals surface area contributed by atoms with Crippen LogP contribution < -0.4 is 0 Å². The van der Waals surface area contributed by atoms with Crippen molar-refractivity contribution in [3.8, 4) is 0 Å². The van der Waals surface area contributed by atoms with Gasteiger partial charge < -0.3 is 9.80 Å². The van der Waals surface area contributed by atoms with Gasteiger partial charge in [-0.05, 0) is 31.7 Å². The highest BCUT2D eigenvalue weighted by Gasteiger charge is 2.30. The summed E-state index contributed by atoms with van der Waals surface area (Å²) in [5.41, 5.74) is 3.07. The van der Waals surface area contributed by atoms with Crippen molar-refractivity contribution in [1.82, 2.24) is 19.8 Å². The highest BCUT2D eigenvalue weighted by atomic mass is 16.2. The van der Waals surface area contributed by atoms with E-state index < -0.39 is 0 Å². The number of rotatable bonds is 3. The minimum absolute atomic E-state index is 0.0238. The third-order valence-corrected chi connectivity index (χ3v) is 6.14. The summed E-state index contributed by atoms with van der Waals surface area (Å²) in [5.74, 6) is 0.809. The molecule has 0 saturated carbocycles. The zero-order chi connectivity index (χ0) is 20.4.